The maximum absolute atomic E-state index is 14.6. The van der Waals surface area contributed by atoms with Crippen molar-refractivity contribution in [3.8, 4) is 11.1 Å². The van der Waals surface area contributed by atoms with Gasteiger partial charge in [-0.1, -0.05) is 57.7 Å². The highest BCUT2D eigenvalue weighted by atomic mass is 19.2. The molecule has 0 amide bonds. The minimum atomic E-state index is -0.955. The predicted molar refractivity (Wildman–Crippen MR) is 105 cm³/mol. The Morgan fingerprint density at radius 2 is 1.63 bits per heavy atom. The monoisotopic (exact) mass is 374 g/mol. The average molecular weight is 374 g/mol. The Morgan fingerprint density at radius 1 is 0.889 bits per heavy atom. The first-order valence-electron chi connectivity index (χ1n) is 10.2. The topological polar surface area (TPSA) is 0 Å². The smallest absolute Gasteiger partial charge is 0.159 e. The van der Waals surface area contributed by atoms with E-state index in [0.717, 1.165) is 30.0 Å². The second kappa shape index (κ2) is 8.95. The molecule has 1 fully saturated rings. The standard InChI is InChI=1S/C24H29F3/c1-3-4-17-5-8-19(9-6-17)16(2)13-18-7-11-21(23(26)14-18)20-10-12-22(25)24(27)15-20/h7,10-12,14-17,19H,3-6,8-9,13H2,1-2H3. The van der Waals surface area contributed by atoms with Crippen LogP contribution in [0.2, 0.25) is 0 Å². The van der Waals surface area contributed by atoms with Gasteiger partial charge in [0.05, 0.1) is 0 Å². The highest BCUT2D eigenvalue weighted by Gasteiger charge is 2.25. The van der Waals surface area contributed by atoms with Gasteiger partial charge in [0.2, 0.25) is 0 Å². The van der Waals surface area contributed by atoms with Crippen molar-refractivity contribution in [2.45, 2.75) is 58.8 Å². The molecular weight excluding hydrogens is 345 g/mol. The van der Waals surface area contributed by atoms with Crippen molar-refractivity contribution < 1.29 is 13.2 Å². The molecule has 0 heterocycles. The van der Waals surface area contributed by atoms with E-state index >= 15 is 0 Å². The van der Waals surface area contributed by atoms with Gasteiger partial charge in [0.15, 0.2) is 11.6 Å². The fourth-order valence-corrected chi connectivity index (χ4v) is 4.58. The molecule has 0 radical (unpaired) electrons. The van der Waals surface area contributed by atoms with E-state index in [1.165, 1.54) is 44.6 Å². The van der Waals surface area contributed by atoms with E-state index in [2.05, 4.69) is 13.8 Å². The van der Waals surface area contributed by atoms with Gasteiger partial charge in [-0.15, -0.1) is 0 Å². The summed E-state index contributed by atoms with van der Waals surface area (Å²) in [5, 5.41) is 0. The Kier molecular flexibility index (Phi) is 6.62. The summed E-state index contributed by atoms with van der Waals surface area (Å²) in [7, 11) is 0. The summed E-state index contributed by atoms with van der Waals surface area (Å²) in [5.74, 6) is -0.113. The zero-order valence-electron chi connectivity index (χ0n) is 16.3. The number of hydrogen-bond donors (Lipinski definition) is 0. The Balaban J connectivity index is 1.64. The van der Waals surface area contributed by atoms with Crippen LogP contribution in [-0.2, 0) is 6.42 Å². The summed E-state index contributed by atoms with van der Waals surface area (Å²) in [6, 6.07) is 8.64. The fraction of sp³-hybridized carbons (Fsp3) is 0.500. The van der Waals surface area contributed by atoms with Crippen molar-refractivity contribution in [1.29, 1.82) is 0 Å². The normalized spacial score (nSPS) is 21.2. The molecule has 0 spiro atoms. The van der Waals surface area contributed by atoms with Gasteiger partial charge >= 0.3 is 0 Å². The molecule has 1 aliphatic carbocycles. The van der Waals surface area contributed by atoms with Crippen molar-refractivity contribution >= 4 is 0 Å². The molecule has 0 aromatic heterocycles. The van der Waals surface area contributed by atoms with Crippen molar-refractivity contribution in [3.63, 3.8) is 0 Å². The summed E-state index contributed by atoms with van der Waals surface area (Å²) in [5.41, 5.74) is 1.65. The number of halogens is 3. The second-order valence-corrected chi connectivity index (χ2v) is 8.19. The van der Waals surface area contributed by atoms with Gasteiger partial charge in [-0.3, -0.25) is 0 Å². The van der Waals surface area contributed by atoms with Crippen LogP contribution in [-0.4, -0.2) is 0 Å². The van der Waals surface area contributed by atoms with Crippen LogP contribution in [0, 0.1) is 35.2 Å². The first kappa shape index (κ1) is 20.0. The van der Waals surface area contributed by atoms with Crippen molar-refractivity contribution in [2.75, 3.05) is 0 Å². The lowest BCUT2D eigenvalue weighted by Gasteiger charge is -2.32. The Hall–Kier alpha value is -1.77. The lowest BCUT2D eigenvalue weighted by molar-refractivity contribution is 0.206. The molecule has 146 valence electrons. The van der Waals surface area contributed by atoms with E-state index in [0.29, 0.717) is 23.0 Å². The minimum Gasteiger partial charge on any atom is -0.206 e. The first-order chi connectivity index (χ1) is 13.0. The molecule has 2 aromatic rings. The maximum Gasteiger partial charge on any atom is 0.159 e. The van der Waals surface area contributed by atoms with E-state index in [1.54, 1.807) is 12.1 Å². The van der Waals surface area contributed by atoms with Gasteiger partial charge in [-0.05, 0) is 66.3 Å². The Labute approximate surface area is 160 Å². The van der Waals surface area contributed by atoms with E-state index in [-0.39, 0.29) is 5.82 Å². The highest BCUT2D eigenvalue weighted by Crippen LogP contribution is 2.37. The molecule has 3 heteroatoms. The number of hydrogen-bond acceptors (Lipinski definition) is 0. The molecule has 0 bridgehead atoms. The third-order valence-electron chi connectivity index (χ3n) is 6.21. The molecule has 1 unspecified atom stereocenters. The summed E-state index contributed by atoms with van der Waals surface area (Å²) in [4.78, 5) is 0. The summed E-state index contributed by atoms with van der Waals surface area (Å²) < 4.78 is 41.1. The summed E-state index contributed by atoms with van der Waals surface area (Å²) in [6.45, 7) is 4.53. The van der Waals surface area contributed by atoms with Crippen LogP contribution in [0.5, 0.6) is 0 Å². The van der Waals surface area contributed by atoms with Crippen molar-refractivity contribution in [3.05, 3.63) is 59.4 Å². The van der Waals surface area contributed by atoms with Gasteiger partial charge in [-0.25, -0.2) is 13.2 Å². The molecule has 0 aliphatic heterocycles. The van der Waals surface area contributed by atoms with E-state index in [1.807, 2.05) is 6.07 Å². The predicted octanol–water partition coefficient (Wildman–Crippen LogP) is 7.56. The van der Waals surface area contributed by atoms with Crippen LogP contribution >= 0.6 is 0 Å². The Morgan fingerprint density at radius 3 is 2.26 bits per heavy atom. The van der Waals surface area contributed by atoms with Gasteiger partial charge in [0.1, 0.15) is 5.82 Å². The first-order valence-corrected chi connectivity index (χ1v) is 10.2. The van der Waals surface area contributed by atoms with Gasteiger partial charge in [0, 0.05) is 5.56 Å². The molecule has 27 heavy (non-hydrogen) atoms. The number of benzene rings is 2. The summed E-state index contributed by atoms with van der Waals surface area (Å²) in [6.07, 6.45) is 8.69. The van der Waals surface area contributed by atoms with Crippen LogP contribution in [0.25, 0.3) is 11.1 Å². The minimum absolute atomic E-state index is 0.311. The third kappa shape index (κ3) is 4.94. The van der Waals surface area contributed by atoms with Crippen LogP contribution in [0.15, 0.2) is 36.4 Å². The Bertz CT molecular complexity index is 760. The van der Waals surface area contributed by atoms with E-state index in [4.69, 9.17) is 0 Å². The quantitative estimate of drug-likeness (QED) is 0.489. The van der Waals surface area contributed by atoms with Gasteiger partial charge in [0.25, 0.3) is 0 Å². The molecule has 0 saturated heterocycles. The molecule has 1 atom stereocenters. The molecule has 1 aliphatic rings. The zero-order chi connectivity index (χ0) is 19.4. The van der Waals surface area contributed by atoms with Crippen LogP contribution in [0.1, 0.15) is 57.9 Å². The van der Waals surface area contributed by atoms with Gasteiger partial charge < -0.3 is 0 Å². The van der Waals surface area contributed by atoms with Crippen molar-refractivity contribution in [1.82, 2.24) is 0 Å². The summed E-state index contributed by atoms with van der Waals surface area (Å²) >= 11 is 0. The maximum atomic E-state index is 14.6. The molecule has 1 saturated carbocycles. The van der Waals surface area contributed by atoms with Crippen LogP contribution in [0.3, 0.4) is 0 Å². The fourth-order valence-electron chi connectivity index (χ4n) is 4.58. The number of rotatable bonds is 6. The molecule has 0 nitrogen and oxygen atoms in total. The lowest BCUT2D eigenvalue weighted by atomic mass is 9.73. The second-order valence-electron chi connectivity index (χ2n) is 8.19. The van der Waals surface area contributed by atoms with Crippen LogP contribution < -0.4 is 0 Å². The SMILES string of the molecule is CCCC1CCC(C(C)Cc2ccc(-c3ccc(F)c(F)c3)c(F)c2)CC1. The molecule has 3 rings (SSSR count). The lowest BCUT2D eigenvalue weighted by Crippen LogP contribution is -2.21. The zero-order valence-corrected chi connectivity index (χ0v) is 16.3. The average Bonchev–Trinajstić information content (AvgIpc) is 2.65. The molecule has 2 aromatic carbocycles. The highest BCUT2D eigenvalue weighted by molar-refractivity contribution is 5.64. The van der Waals surface area contributed by atoms with Crippen molar-refractivity contribution in [2.24, 2.45) is 17.8 Å². The third-order valence-corrected chi connectivity index (χ3v) is 6.21. The van der Waals surface area contributed by atoms with Crippen LogP contribution in [0.4, 0.5) is 13.2 Å². The van der Waals surface area contributed by atoms with E-state index < -0.39 is 11.6 Å². The van der Waals surface area contributed by atoms with Gasteiger partial charge in [-0.2, -0.15) is 0 Å². The van der Waals surface area contributed by atoms with E-state index in [9.17, 15) is 13.2 Å². The molecular formula is C24H29F3. The largest absolute Gasteiger partial charge is 0.206 e. The molecule has 0 N–H and O–H groups in total.